The zero-order valence-electron chi connectivity index (χ0n) is 37.0. The molecule has 2 saturated heterocycles. The van der Waals surface area contributed by atoms with Crippen LogP contribution in [0.3, 0.4) is 0 Å². The molecule has 0 unspecified atom stereocenters. The van der Waals surface area contributed by atoms with Crippen LogP contribution in [0.4, 0.5) is 0 Å². The van der Waals surface area contributed by atoms with Crippen LogP contribution in [0.1, 0.15) is 52.6 Å². The molecule has 2 fully saturated rings. The van der Waals surface area contributed by atoms with E-state index < -0.39 is 29.9 Å². The number of carbonyl (C=O) groups is 4. The number of piperazine rings is 2. The predicted molar refractivity (Wildman–Crippen MR) is 252 cm³/mol. The number of amides is 2. The zero-order valence-corrected chi connectivity index (χ0v) is 37.0. The molecule has 0 spiro atoms. The van der Waals surface area contributed by atoms with E-state index in [1.165, 1.54) is 12.7 Å². The summed E-state index contributed by atoms with van der Waals surface area (Å²) in [4.78, 5) is 60.1. The molecular weight excluding hydrogens is 824 g/mol. The SMILES string of the molecule is C.COC(=O)[C@@H]1CN(Cc2ccccc2)CCN1C(=O)C(c1ccccc1)c1ccccc1.O=C(O)[C@@H]1CN(Cc2ccccc2)CCN1C(=O)C(c1ccccc1)c1ccccc1.[Li+].[OH-]. The molecule has 11 nitrogen and oxygen atoms in total. The summed E-state index contributed by atoms with van der Waals surface area (Å²) >= 11 is 0. The molecule has 2 amide bonds. The fourth-order valence-corrected chi connectivity index (χ4v) is 8.59. The predicted octanol–water partition coefficient (Wildman–Crippen LogP) is 4.78. The largest absolute Gasteiger partial charge is 1.00 e. The summed E-state index contributed by atoms with van der Waals surface area (Å²) in [6.07, 6.45) is 0. The maximum atomic E-state index is 13.9. The molecule has 2 aliphatic rings. The van der Waals surface area contributed by atoms with E-state index in [9.17, 15) is 24.3 Å². The van der Waals surface area contributed by atoms with Gasteiger partial charge in [-0.2, -0.15) is 0 Å². The molecule has 2 atom stereocenters. The van der Waals surface area contributed by atoms with E-state index in [0.717, 1.165) is 34.4 Å². The molecule has 2 heterocycles. The van der Waals surface area contributed by atoms with Crippen LogP contribution in [-0.4, -0.2) is 112 Å². The molecule has 2 N–H and O–H groups in total. The molecule has 66 heavy (non-hydrogen) atoms. The summed E-state index contributed by atoms with van der Waals surface area (Å²) in [6.45, 7) is 4.37. The Balaban J connectivity index is 0.000000276. The van der Waals surface area contributed by atoms with Crippen LogP contribution < -0.4 is 18.9 Å². The summed E-state index contributed by atoms with van der Waals surface area (Å²) in [7, 11) is 1.38. The summed E-state index contributed by atoms with van der Waals surface area (Å²) in [5.74, 6) is -2.57. The van der Waals surface area contributed by atoms with Crippen molar-refractivity contribution in [2.75, 3.05) is 46.4 Å². The molecule has 338 valence electrons. The van der Waals surface area contributed by atoms with Crippen molar-refractivity contribution in [1.29, 1.82) is 0 Å². The average Bonchev–Trinajstić information content (AvgIpc) is 3.33. The van der Waals surface area contributed by atoms with Gasteiger partial charge < -0.3 is 25.1 Å². The van der Waals surface area contributed by atoms with E-state index in [2.05, 4.69) is 21.9 Å². The van der Waals surface area contributed by atoms with Gasteiger partial charge in [0.1, 0.15) is 12.1 Å². The van der Waals surface area contributed by atoms with E-state index in [1.807, 2.05) is 170 Å². The van der Waals surface area contributed by atoms with Crippen LogP contribution in [0, 0.1) is 0 Å². The molecule has 12 heteroatoms. The molecule has 8 rings (SSSR count). The van der Waals surface area contributed by atoms with Gasteiger partial charge in [0, 0.05) is 52.4 Å². The Morgan fingerprint density at radius 3 is 1.09 bits per heavy atom. The third-order valence-electron chi connectivity index (χ3n) is 11.8. The van der Waals surface area contributed by atoms with Gasteiger partial charge in [0.25, 0.3) is 0 Å². The van der Waals surface area contributed by atoms with E-state index in [-0.39, 0.29) is 49.5 Å². The molecule has 0 radical (unpaired) electrons. The number of ether oxygens (including phenoxy) is 1. The van der Waals surface area contributed by atoms with Crippen LogP contribution >= 0.6 is 0 Å². The van der Waals surface area contributed by atoms with Gasteiger partial charge in [0.05, 0.1) is 18.9 Å². The molecule has 6 aromatic rings. The fraction of sp³-hybridized carbons (Fsp3) is 0.259. The van der Waals surface area contributed by atoms with Crippen molar-refractivity contribution in [3.63, 3.8) is 0 Å². The maximum absolute atomic E-state index is 13.9. The normalized spacial score (nSPS) is 16.0. The Morgan fingerprint density at radius 2 is 0.788 bits per heavy atom. The summed E-state index contributed by atoms with van der Waals surface area (Å²) in [5.41, 5.74) is 5.89. The molecule has 6 aromatic carbocycles. The van der Waals surface area contributed by atoms with Crippen molar-refractivity contribution < 1.29 is 53.4 Å². The summed E-state index contributed by atoms with van der Waals surface area (Å²) in [6, 6.07) is 57.3. The van der Waals surface area contributed by atoms with Crippen LogP contribution in [0.15, 0.2) is 182 Å². The Hall–Kier alpha value is -6.32. The second kappa shape index (κ2) is 26.0. The van der Waals surface area contributed by atoms with Crippen molar-refractivity contribution >= 4 is 23.8 Å². The standard InChI is InChI=1S/C27H28N2O3.C26H26N2O3.CH4.Li.H2O/c1-32-27(31)24-20-28(19-21-11-5-2-6-12-21)17-18-29(24)26(30)25(22-13-7-3-8-14-22)23-15-9-4-10-16-23;29-25(24(21-12-6-2-7-13-21)22-14-8-3-9-15-22)28-17-16-27(19-23(28)26(30)31)18-20-10-4-1-5-11-20;;;/h2-16,24-25H,17-20H2,1H3;1-15,23-24H,16-19H2,(H,30,31);1H4;;1H2/q;;;+1;/p-1/t24-;23-;;;/m00.../s1. The smallest absolute Gasteiger partial charge is 0.870 e. The van der Waals surface area contributed by atoms with Gasteiger partial charge in [0.15, 0.2) is 0 Å². The molecule has 0 bridgehead atoms. The van der Waals surface area contributed by atoms with Crippen LogP contribution in [0.25, 0.3) is 0 Å². The third kappa shape index (κ3) is 13.4. The van der Waals surface area contributed by atoms with Gasteiger partial charge in [-0.1, -0.05) is 189 Å². The fourth-order valence-electron chi connectivity index (χ4n) is 8.59. The molecular formula is C54H59LiN4O7. The number of rotatable bonds is 12. The second-order valence-electron chi connectivity index (χ2n) is 15.9. The quantitative estimate of drug-likeness (QED) is 0.136. The number of esters is 1. The number of carboxylic acid groups (broad SMARTS) is 1. The third-order valence-corrected chi connectivity index (χ3v) is 11.8. The van der Waals surface area contributed by atoms with Crippen molar-refractivity contribution in [3.05, 3.63) is 215 Å². The summed E-state index contributed by atoms with van der Waals surface area (Å²) < 4.78 is 5.10. The topological polar surface area (TPSA) is 141 Å². The number of carboxylic acids is 1. The Kier molecular flexibility index (Phi) is 20.6. The first-order valence-corrected chi connectivity index (χ1v) is 21.4. The van der Waals surface area contributed by atoms with Gasteiger partial charge in [-0.15, -0.1) is 0 Å². The molecule has 0 aromatic heterocycles. The number of carbonyl (C=O) groups excluding carboxylic acids is 3. The molecule has 0 aliphatic carbocycles. The van der Waals surface area contributed by atoms with E-state index >= 15 is 0 Å². The number of benzene rings is 6. The second-order valence-corrected chi connectivity index (χ2v) is 15.9. The Bertz CT molecular complexity index is 2300. The molecule has 0 saturated carbocycles. The van der Waals surface area contributed by atoms with Crippen molar-refractivity contribution in [2.24, 2.45) is 0 Å². The van der Waals surface area contributed by atoms with Gasteiger partial charge in [-0.05, 0) is 33.4 Å². The van der Waals surface area contributed by atoms with E-state index in [4.69, 9.17) is 4.74 Å². The maximum Gasteiger partial charge on any atom is 1.00 e. The Labute approximate surface area is 401 Å². The van der Waals surface area contributed by atoms with Crippen molar-refractivity contribution in [3.8, 4) is 0 Å². The van der Waals surface area contributed by atoms with E-state index in [0.29, 0.717) is 45.8 Å². The summed E-state index contributed by atoms with van der Waals surface area (Å²) in [5, 5.41) is 9.94. The van der Waals surface area contributed by atoms with E-state index in [1.54, 1.807) is 9.80 Å². The number of aliphatic carboxylic acids is 1. The minimum atomic E-state index is -0.967. The first-order chi connectivity index (χ1) is 30.8. The monoisotopic (exact) mass is 882 g/mol. The van der Waals surface area contributed by atoms with Crippen LogP contribution in [-0.2, 0) is 37.0 Å². The van der Waals surface area contributed by atoms with Gasteiger partial charge in [-0.3, -0.25) is 19.4 Å². The minimum absolute atomic E-state index is 0. The Morgan fingerprint density at radius 1 is 0.500 bits per heavy atom. The number of hydrogen-bond donors (Lipinski definition) is 1. The number of hydrogen-bond acceptors (Lipinski definition) is 8. The van der Waals surface area contributed by atoms with Crippen LogP contribution in [0.2, 0.25) is 0 Å². The number of nitrogens with zero attached hydrogens (tertiary/aromatic N) is 4. The average molecular weight is 883 g/mol. The first-order valence-electron chi connectivity index (χ1n) is 21.4. The van der Waals surface area contributed by atoms with Gasteiger partial charge >= 0.3 is 30.8 Å². The van der Waals surface area contributed by atoms with Crippen molar-refractivity contribution in [1.82, 2.24) is 19.6 Å². The number of methoxy groups -OCH3 is 1. The van der Waals surface area contributed by atoms with Crippen molar-refractivity contribution in [2.45, 2.75) is 44.4 Å². The van der Waals surface area contributed by atoms with Gasteiger partial charge in [0.2, 0.25) is 11.8 Å². The minimum Gasteiger partial charge on any atom is -0.870 e. The molecule has 2 aliphatic heterocycles. The first kappa shape index (κ1) is 52.3. The van der Waals surface area contributed by atoms with Crippen LogP contribution in [0.5, 0.6) is 0 Å². The zero-order chi connectivity index (χ0) is 44.0. The van der Waals surface area contributed by atoms with Gasteiger partial charge in [-0.25, -0.2) is 9.59 Å².